The fraction of sp³-hybridized carbons (Fsp3) is 0. The summed E-state index contributed by atoms with van der Waals surface area (Å²) in [6.45, 7) is 0. The SMILES string of the molecule is O=c1c2ccccc2[se]c2cccc(Br)c12. The molecule has 1 aromatic heterocycles. The number of fused-ring (bicyclic) bond motifs is 2. The monoisotopic (exact) mass is 338 g/mol. The van der Waals surface area contributed by atoms with E-state index in [-0.39, 0.29) is 19.9 Å². The maximum atomic E-state index is 12.3. The molecule has 1 heterocycles. The van der Waals surface area contributed by atoms with Crippen molar-refractivity contribution in [3.63, 3.8) is 0 Å². The van der Waals surface area contributed by atoms with Crippen LogP contribution in [0.15, 0.2) is 51.7 Å². The van der Waals surface area contributed by atoms with Crippen molar-refractivity contribution >= 4 is 49.7 Å². The zero-order chi connectivity index (χ0) is 11.1. The summed E-state index contributed by atoms with van der Waals surface area (Å²) in [7, 11) is 0. The summed E-state index contributed by atoms with van der Waals surface area (Å²) in [5.74, 6) is 0. The van der Waals surface area contributed by atoms with Gasteiger partial charge in [-0.05, 0) is 0 Å². The Bertz CT molecular complexity index is 746. The predicted octanol–water partition coefficient (Wildman–Crippen LogP) is 3.17. The number of benzene rings is 2. The molecule has 0 radical (unpaired) electrons. The topological polar surface area (TPSA) is 17.1 Å². The van der Waals surface area contributed by atoms with Gasteiger partial charge in [-0.25, -0.2) is 0 Å². The predicted molar refractivity (Wildman–Crippen MR) is 72.4 cm³/mol. The number of rotatable bonds is 0. The van der Waals surface area contributed by atoms with Crippen molar-refractivity contribution in [2.45, 2.75) is 0 Å². The van der Waals surface area contributed by atoms with Crippen LogP contribution in [0.4, 0.5) is 0 Å². The van der Waals surface area contributed by atoms with E-state index in [2.05, 4.69) is 22.0 Å². The minimum absolute atomic E-state index is 0.145. The zero-order valence-corrected chi connectivity index (χ0v) is 11.5. The van der Waals surface area contributed by atoms with Crippen LogP contribution in [0.1, 0.15) is 0 Å². The molecule has 1 nitrogen and oxygen atoms in total. The van der Waals surface area contributed by atoms with Gasteiger partial charge in [-0.3, -0.25) is 0 Å². The van der Waals surface area contributed by atoms with Gasteiger partial charge in [0.25, 0.3) is 0 Å². The summed E-state index contributed by atoms with van der Waals surface area (Å²) in [6.07, 6.45) is 0. The van der Waals surface area contributed by atoms with E-state index in [0.29, 0.717) is 0 Å². The Morgan fingerprint density at radius 2 is 1.69 bits per heavy atom. The van der Waals surface area contributed by atoms with Crippen LogP contribution in [0.3, 0.4) is 0 Å². The fourth-order valence-electron chi connectivity index (χ4n) is 1.81. The summed E-state index contributed by atoms with van der Waals surface area (Å²) in [6, 6.07) is 13.9. The average molecular weight is 338 g/mol. The van der Waals surface area contributed by atoms with Gasteiger partial charge < -0.3 is 0 Å². The summed E-state index contributed by atoms with van der Waals surface area (Å²) < 4.78 is 3.27. The van der Waals surface area contributed by atoms with Crippen LogP contribution >= 0.6 is 15.9 Å². The third kappa shape index (κ3) is 1.47. The maximum absolute atomic E-state index is 12.3. The van der Waals surface area contributed by atoms with Gasteiger partial charge in [0.15, 0.2) is 0 Å². The van der Waals surface area contributed by atoms with Crippen molar-refractivity contribution < 1.29 is 0 Å². The minimum atomic E-state index is 0.145. The van der Waals surface area contributed by atoms with Crippen molar-refractivity contribution in [1.82, 2.24) is 0 Å². The number of hydrogen-bond acceptors (Lipinski definition) is 1. The molecule has 0 atom stereocenters. The Hall–Kier alpha value is -0.891. The van der Waals surface area contributed by atoms with Crippen LogP contribution in [0.2, 0.25) is 0 Å². The molecule has 78 valence electrons. The second kappa shape index (κ2) is 3.85. The van der Waals surface area contributed by atoms with Gasteiger partial charge in [0.05, 0.1) is 0 Å². The van der Waals surface area contributed by atoms with Gasteiger partial charge in [0, 0.05) is 0 Å². The molecule has 0 fully saturated rings. The third-order valence-electron chi connectivity index (χ3n) is 2.55. The summed E-state index contributed by atoms with van der Waals surface area (Å²) in [4.78, 5) is 12.3. The molecule has 0 bridgehead atoms. The summed E-state index contributed by atoms with van der Waals surface area (Å²) in [5, 5.41) is 1.71. The number of halogens is 1. The fourth-order valence-corrected chi connectivity index (χ4v) is 4.97. The molecule has 0 aliphatic heterocycles. The second-order valence-electron chi connectivity index (χ2n) is 3.54. The van der Waals surface area contributed by atoms with Gasteiger partial charge in [-0.2, -0.15) is 0 Å². The van der Waals surface area contributed by atoms with Crippen LogP contribution in [0.25, 0.3) is 19.3 Å². The molecule has 3 heteroatoms. The van der Waals surface area contributed by atoms with Gasteiger partial charge >= 0.3 is 107 Å². The molecule has 0 amide bonds. The van der Waals surface area contributed by atoms with E-state index >= 15 is 0 Å². The standard InChI is InChI=1S/C13H7BrOSe/c14-9-5-3-7-11-12(9)13(15)8-4-1-2-6-10(8)16-11/h1-7H. The van der Waals surface area contributed by atoms with Crippen LogP contribution in [0, 0.1) is 0 Å². The average Bonchev–Trinajstić information content (AvgIpc) is 2.29. The van der Waals surface area contributed by atoms with Crippen LogP contribution in [-0.2, 0) is 0 Å². The summed E-state index contributed by atoms with van der Waals surface area (Å²) in [5.41, 5.74) is 0.145. The van der Waals surface area contributed by atoms with Crippen molar-refractivity contribution in [2.75, 3.05) is 0 Å². The molecule has 3 rings (SSSR count). The van der Waals surface area contributed by atoms with Crippen LogP contribution in [0.5, 0.6) is 0 Å². The Morgan fingerprint density at radius 1 is 0.938 bits per heavy atom. The molecule has 0 N–H and O–H groups in total. The molecule has 0 aliphatic carbocycles. The molecule has 0 aliphatic rings. The summed E-state index contributed by atoms with van der Waals surface area (Å²) >= 11 is 3.70. The van der Waals surface area contributed by atoms with Crippen LogP contribution in [-0.4, -0.2) is 14.5 Å². The molecular formula is C13H7BrOSe. The zero-order valence-electron chi connectivity index (χ0n) is 8.24. The number of hydrogen-bond donors (Lipinski definition) is 0. The normalized spacial score (nSPS) is 11.1. The van der Waals surface area contributed by atoms with Crippen molar-refractivity contribution in [3.8, 4) is 0 Å². The van der Waals surface area contributed by atoms with E-state index in [1.807, 2.05) is 36.4 Å². The molecule has 0 spiro atoms. The first kappa shape index (κ1) is 10.3. The Kier molecular flexibility index (Phi) is 2.47. The van der Waals surface area contributed by atoms with E-state index < -0.39 is 0 Å². The molecule has 2 aromatic carbocycles. The quantitative estimate of drug-likeness (QED) is 0.455. The van der Waals surface area contributed by atoms with Gasteiger partial charge in [0.1, 0.15) is 0 Å². The Balaban J connectivity index is 2.67. The molecule has 16 heavy (non-hydrogen) atoms. The van der Waals surface area contributed by atoms with E-state index in [9.17, 15) is 4.79 Å². The molecule has 0 saturated heterocycles. The van der Waals surface area contributed by atoms with E-state index in [4.69, 9.17) is 0 Å². The Labute approximate surface area is 107 Å². The van der Waals surface area contributed by atoms with Gasteiger partial charge in [-0.15, -0.1) is 0 Å². The Morgan fingerprint density at radius 3 is 2.56 bits per heavy atom. The van der Waals surface area contributed by atoms with Gasteiger partial charge in [0.2, 0.25) is 0 Å². The van der Waals surface area contributed by atoms with E-state index in [1.54, 1.807) is 0 Å². The van der Waals surface area contributed by atoms with E-state index in [0.717, 1.165) is 15.2 Å². The molecular weight excluding hydrogens is 331 g/mol. The molecule has 0 saturated carbocycles. The first-order valence-corrected chi connectivity index (χ1v) is 7.38. The van der Waals surface area contributed by atoms with Crippen LogP contribution < -0.4 is 5.43 Å². The van der Waals surface area contributed by atoms with Crippen molar-refractivity contribution in [3.05, 3.63) is 57.2 Å². The second-order valence-corrected chi connectivity index (χ2v) is 6.67. The molecule has 0 unspecified atom stereocenters. The first-order valence-electron chi connectivity index (χ1n) is 4.87. The van der Waals surface area contributed by atoms with Gasteiger partial charge in [-0.1, -0.05) is 0 Å². The van der Waals surface area contributed by atoms with Crippen molar-refractivity contribution in [1.29, 1.82) is 0 Å². The first-order chi connectivity index (χ1) is 7.77. The van der Waals surface area contributed by atoms with E-state index in [1.165, 1.54) is 8.52 Å². The van der Waals surface area contributed by atoms with Crippen molar-refractivity contribution in [2.24, 2.45) is 0 Å². The molecule has 3 aromatic rings. The third-order valence-corrected chi connectivity index (χ3v) is 5.60.